The Kier molecular flexibility index (Phi) is 21.8. The average molecular weight is 537 g/mol. The number of halogens is 1. The van der Waals surface area contributed by atoms with Gasteiger partial charge in [-0.2, -0.15) is 0 Å². The average Bonchev–Trinajstić information content (AvgIpc) is 2.85. The summed E-state index contributed by atoms with van der Waals surface area (Å²) >= 11 is 3.29. The van der Waals surface area contributed by atoms with Crippen molar-refractivity contribution in [1.82, 2.24) is 0 Å². The van der Waals surface area contributed by atoms with Crippen molar-refractivity contribution in [3.05, 3.63) is 35.9 Å². The van der Waals surface area contributed by atoms with Gasteiger partial charge < -0.3 is 37.9 Å². The lowest BCUT2D eigenvalue weighted by molar-refractivity contribution is -0.0219. The van der Waals surface area contributed by atoms with E-state index in [1.807, 2.05) is 6.07 Å². The predicted molar refractivity (Wildman–Crippen MR) is 126 cm³/mol. The van der Waals surface area contributed by atoms with Crippen LogP contribution in [0.1, 0.15) is 10.4 Å². The first kappa shape index (κ1) is 29.9. The van der Waals surface area contributed by atoms with Crippen molar-refractivity contribution in [3.8, 4) is 0 Å². The van der Waals surface area contributed by atoms with Crippen LogP contribution in [-0.4, -0.2) is 110 Å². The van der Waals surface area contributed by atoms with Gasteiger partial charge in [-0.1, -0.05) is 34.1 Å². The Hall–Kier alpha value is -1.11. The molecule has 33 heavy (non-hydrogen) atoms. The number of hydrogen-bond donors (Lipinski definition) is 0. The third-order valence-electron chi connectivity index (χ3n) is 3.92. The molecule has 0 unspecified atom stereocenters. The molecule has 0 atom stereocenters. The van der Waals surface area contributed by atoms with E-state index in [0.29, 0.717) is 98.1 Å². The monoisotopic (exact) mass is 536 g/mol. The van der Waals surface area contributed by atoms with E-state index in [1.54, 1.807) is 24.3 Å². The van der Waals surface area contributed by atoms with Gasteiger partial charge in [0, 0.05) is 5.33 Å². The fourth-order valence-electron chi connectivity index (χ4n) is 2.33. The van der Waals surface area contributed by atoms with Gasteiger partial charge in [0.05, 0.1) is 98.1 Å². The number of rotatable bonds is 24. The summed E-state index contributed by atoms with van der Waals surface area (Å²) in [5.41, 5.74) is 0.531. The van der Waals surface area contributed by atoms with Crippen molar-refractivity contribution in [1.29, 1.82) is 0 Å². The van der Waals surface area contributed by atoms with E-state index in [9.17, 15) is 4.79 Å². The molecule has 0 bridgehead atoms. The molecule has 10 heteroatoms. The lowest BCUT2D eigenvalue weighted by Gasteiger charge is -2.08. The molecule has 0 aliphatic heterocycles. The molecule has 0 amide bonds. The van der Waals surface area contributed by atoms with Gasteiger partial charge in [0.2, 0.25) is 0 Å². The maximum Gasteiger partial charge on any atom is 0.338 e. The predicted octanol–water partition coefficient (Wildman–Crippen LogP) is 2.35. The van der Waals surface area contributed by atoms with Crippen LogP contribution in [0.2, 0.25) is 0 Å². The zero-order chi connectivity index (χ0) is 23.7. The minimum Gasteiger partial charge on any atom is -0.460 e. The molecule has 0 aromatic heterocycles. The highest BCUT2D eigenvalue weighted by Crippen LogP contribution is 2.00. The largest absolute Gasteiger partial charge is 0.460 e. The van der Waals surface area contributed by atoms with Gasteiger partial charge in [-0.3, -0.25) is 0 Å². The topological polar surface area (TPSA) is 90.9 Å². The molecule has 0 N–H and O–H groups in total. The minimum atomic E-state index is -0.350. The maximum atomic E-state index is 11.7. The number of alkyl halides is 1. The molecule has 0 saturated carbocycles. The van der Waals surface area contributed by atoms with Crippen LogP contribution in [0, 0.1) is 0 Å². The highest BCUT2D eigenvalue weighted by molar-refractivity contribution is 9.09. The van der Waals surface area contributed by atoms with Crippen molar-refractivity contribution >= 4 is 21.9 Å². The van der Waals surface area contributed by atoms with Crippen LogP contribution < -0.4 is 0 Å². The van der Waals surface area contributed by atoms with Crippen molar-refractivity contribution in [2.24, 2.45) is 0 Å². The SMILES string of the molecule is O=C(OCCOCCOCCOCCOCCOCCOCCOCCBr)c1ccccc1. The fourth-order valence-corrected chi connectivity index (χ4v) is 2.56. The molecular formula is C23H37BrO9. The van der Waals surface area contributed by atoms with Crippen LogP contribution in [0.15, 0.2) is 30.3 Å². The van der Waals surface area contributed by atoms with Gasteiger partial charge >= 0.3 is 5.97 Å². The summed E-state index contributed by atoms with van der Waals surface area (Å²) < 4.78 is 42.8. The smallest absolute Gasteiger partial charge is 0.338 e. The van der Waals surface area contributed by atoms with Gasteiger partial charge in [0.1, 0.15) is 6.61 Å². The molecule has 0 saturated heterocycles. The molecule has 190 valence electrons. The first-order chi connectivity index (χ1) is 16.3. The van der Waals surface area contributed by atoms with Crippen molar-refractivity contribution in [2.75, 3.05) is 104 Å². The second kappa shape index (κ2) is 24.0. The number of ether oxygens (including phenoxy) is 8. The Labute approximate surface area is 205 Å². The molecule has 0 spiro atoms. The fraction of sp³-hybridized carbons (Fsp3) is 0.696. The summed E-state index contributed by atoms with van der Waals surface area (Å²) in [5, 5.41) is 0.836. The number of benzene rings is 1. The van der Waals surface area contributed by atoms with E-state index in [4.69, 9.17) is 37.9 Å². The lowest BCUT2D eigenvalue weighted by Crippen LogP contribution is -2.15. The maximum absolute atomic E-state index is 11.7. The molecule has 0 fully saturated rings. The normalized spacial score (nSPS) is 11.1. The second-order valence-corrected chi connectivity index (χ2v) is 7.27. The van der Waals surface area contributed by atoms with E-state index in [0.717, 1.165) is 5.33 Å². The van der Waals surface area contributed by atoms with Crippen molar-refractivity contribution in [2.45, 2.75) is 0 Å². The third-order valence-corrected chi connectivity index (χ3v) is 4.25. The number of hydrogen-bond acceptors (Lipinski definition) is 9. The van der Waals surface area contributed by atoms with Crippen LogP contribution >= 0.6 is 15.9 Å². The Bertz CT molecular complexity index is 548. The quantitative estimate of drug-likeness (QED) is 0.112. The van der Waals surface area contributed by atoms with E-state index >= 15 is 0 Å². The first-order valence-corrected chi connectivity index (χ1v) is 12.3. The Morgan fingerprint density at radius 2 is 0.848 bits per heavy atom. The van der Waals surface area contributed by atoms with Crippen LogP contribution in [0.25, 0.3) is 0 Å². The van der Waals surface area contributed by atoms with Crippen LogP contribution in [0.5, 0.6) is 0 Å². The van der Waals surface area contributed by atoms with Crippen molar-refractivity contribution < 1.29 is 42.7 Å². The number of carbonyl (C=O) groups is 1. The van der Waals surface area contributed by atoms with E-state index in [1.165, 1.54) is 0 Å². The Morgan fingerprint density at radius 1 is 0.515 bits per heavy atom. The molecule has 0 heterocycles. The van der Waals surface area contributed by atoms with Gasteiger partial charge in [-0.05, 0) is 12.1 Å². The summed E-state index contributed by atoms with van der Waals surface area (Å²) in [5.74, 6) is -0.350. The zero-order valence-corrected chi connectivity index (χ0v) is 20.8. The van der Waals surface area contributed by atoms with E-state index in [-0.39, 0.29) is 12.6 Å². The van der Waals surface area contributed by atoms with E-state index < -0.39 is 0 Å². The molecule has 0 aliphatic rings. The molecule has 1 aromatic rings. The van der Waals surface area contributed by atoms with Gasteiger partial charge in [0.25, 0.3) is 0 Å². The summed E-state index contributed by atoms with van der Waals surface area (Å²) in [6.07, 6.45) is 0. The van der Waals surface area contributed by atoms with Gasteiger partial charge in [-0.25, -0.2) is 4.79 Å². The zero-order valence-electron chi connectivity index (χ0n) is 19.3. The Balaban J connectivity index is 1.69. The third kappa shape index (κ3) is 20.0. The highest BCUT2D eigenvalue weighted by Gasteiger charge is 2.04. The highest BCUT2D eigenvalue weighted by atomic mass is 79.9. The molecule has 9 nitrogen and oxygen atoms in total. The Morgan fingerprint density at radius 3 is 1.21 bits per heavy atom. The standard InChI is InChI=1S/C23H37BrO9/c24-6-7-26-8-9-27-10-11-28-12-13-29-14-15-30-16-17-31-18-19-32-20-21-33-23(25)22-4-2-1-3-5-22/h1-5H,6-21H2. The van der Waals surface area contributed by atoms with Gasteiger partial charge in [0.15, 0.2) is 0 Å². The van der Waals surface area contributed by atoms with Crippen LogP contribution in [0.3, 0.4) is 0 Å². The van der Waals surface area contributed by atoms with Crippen LogP contribution in [0.4, 0.5) is 0 Å². The number of carbonyl (C=O) groups excluding carboxylic acids is 1. The van der Waals surface area contributed by atoms with Gasteiger partial charge in [-0.15, -0.1) is 0 Å². The summed E-state index contributed by atoms with van der Waals surface area (Å²) in [6, 6.07) is 8.86. The summed E-state index contributed by atoms with van der Waals surface area (Å²) in [4.78, 5) is 11.7. The second-order valence-electron chi connectivity index (χ2n) is 6.48. The first-order valence-electron chi connectivity index (χ1n) is 11.2. The molecule has 0 aliphatic carbocycles. The minimum absolute atomic E-state index is 0.211. The van der Waals surface area contributed by atoms with Crippen LogP contribution in [-0.2, 0) is 37.9 Å². The summed E-state index contributed by atoms with van der Waals surface area (Å²) in [6.45, 7) is 7.42. The molecular weight excluding hydrogens is 500 g/mol. The molecule has 1 aromatic carbocycles. The molecule has 0 radical (unpaired) electrons. The summed E-state index contributed by atoms with van der Waals surface area (Å²) in [7, 11) is 0. The lowest BCUT2D eigenvalue weighted by atomic mass is 10.2. The number of esters is 1. The van der Waals surface area contributed by atoms with E-state index in [2.05, 4.69) is 15.9 Å². The van der Waals surface area contributed by atoms with Crippen molar-refractivity contribution in [3.63, 3.8) is 0 Å². The molecule has 1 rings (SSSR count).